The van der Waals surface area contributed by atoms with Crippen molar-refractivity contribution in [3.63, 3.8) is 0 Å². The molecule has 1 saturated heterocycles. The van der Waals surface area contributed by atoms with Crippen LogP contribution in [0.5, 0.6) is 5.75 Å². The highest BCUT2D eigenvalue weighted by Gasteiger charge is 2.20. The molecular weight excluding hydrogens is 332 g/mol. The van der Waals surface area contributed by atoms with Crippen LogP contribution in [0.3, 0.4) is 0 Å². The van der Waals surface area contributed by atoms with E-state index in [4.69, 9.17) is 17.0 Å². The fourth-order valence-corrected chi connectivity index (χ4v) is 3.25. The van der Waals surface area contributed by atoms with Gasteiger partial charge in [-0.1, -0.05) is 12.1 Å². The van der Waals surface area contributed by atoms with Gasteiger partial charge in [0.05, 0.1) is 12.8 Å². The summed E-state index contributed by atoms with van der Waals surface area (Å²) >= 11 is 5.61. The summed E-state index contributed by atoms with van der Waals surface area (Å²) in [6.45, 7) is 7.63. The quantitative estimate of drug-likeness (QED) is 0.852. The number of rotatable bonds is 3. The number of piperazine rings is 1. The number of anilines is 2. The van der Waals surface area contributed by atoms with Crippen molar-refractivity contribution >= 4 is 28.8 Å². The molecule has 1 fully saturated rings. The monoisotopic (exact) mass is 356 g/mol. The van der Waals surface area contributed by atoms with Crippen LogP contribution in [0.4, 0.5) is 11.5 Å². The molecule has 6 heteroatoms. The second kappa shape index (κ2) is 7.70. The van der Waals surface area contributed by atoms with E-state index >= 15 is 0 Å². The van der Waals surface area contributed by atoms with Gasteiger partial charge in [0.15, 0.2) is 5.11 Å². The number of thiocarbonyl (C=S) groups is 1. The maximum Gasteiger partial charge on any atom is 0.173 e. The maximum absolute atomic E-state index is 5.61. The molecule has 25 heavy (non-hydrogen) atoms. The molecule has 1 aliphatic heterocycles. The third kappa shape index (κ3) is 4.20. The molecule has 2 heterocycles. The van der Waals surface area contributed by atoms with Crippen molar-refractivity contribution in [2.75, 3.05) is 43.5 Å². The number of aryl methyl sites for hydroxylation is 2. The Morgan fingerprint density at radius 2 is 1.88 bits per heavy atom. The lowest BCUT2D eigenvalue weighted by Gasteiger charge is -2.37. The average molecular weight is 356 g/mol. The minimum absolute atomic E-state index is 0.737. The topological polar surface area (TPSA) is 40.6 Å². The zero-order valence-electron chi connectivity index (χ0n) is 15.0. The molecule has 5 nitrogen and oxygen atoms in total. The second-order valence-electron chi connectivity index (χ2n) is 6.25. The van der Waals surface area contributed by atoms with Gasteiger partial charge in [0.1, 0.15) is 11.6 Å². The Kier molecular flexibility index (Phi) is 5.38. The molecule has 0 saturated carbocycles. The van der Waals surface area contributed by atoms with Gasteiger partial charge in [0.2, 0.25) is 0 Å². The molecule has 0 radical (unpaired) electrons. The molecule has 132 valence electrons. The van der Waals surface area contributed by atoms with Gasteiger partial charge in [-0.25, -0.2) is 4.98 Å². The van der Waals surface area contributed by atoms with Gasteiger partial charge in [0, 0.05) is 31.9 Å². The van der Waals surface area contributed by atoms with E-state index in [9.17, 15) is 0 Å². The van der Waals surface area contributed by atoms with Gasteiger partial charge >= 0.3 is 0 Å². The first kappa shape index (κ1) is 17.5. The van der Waals surface area contributed by atoms with Gasteiger partial charge in [0.25, 0.3) is 0 Å². The van der Waals surface area contributed by atoms with Crippen LogP contribution in [0.15, 0.2) is 36.4 Å². The zero-order valence-corrected chi connectivity index (χ0v) is 15.8. The number of benzene rings is 1. The molecule has 0 aliphatic carbocycles. The van der Waals surface area contributed by atoms with Crippen LogP contribution in [0, 0.1) is 13.8 Å². The van der Waals surface area contributed by atoms with Gasteiger partial charge in [-0.2, -0.15) is 0 Å². The summed E-state index contributed by atoms with van der Waals surface area (Å²) in [6.07, 6.45) is 0. The lowest BCUT2D eigenvalue weighted by molar-refractivity contribution is 0.388. The van der Waals surface area contributed by atoms with Crippen LogP contribution in [0.1, 0.15) is 11.3 Å². The minimum Gasteiger partial charge on any atom is -0.495 e. The van der Waals surface area contributed by atoms with E-state index in [0.29, 0.717) is 0 Å². The fraction of sp³-hybridized carbons (Fsp3) is 0.368. The van der Waals surface area contributed by atoms with Crippen LogP contribution in [-0.2, 0) is 0 Å². The molecule has 0 spiro atoms. The molecule has 1 aromatic carbocycles. The van der Waals surface area contributed by atoms with E-state index in [2.05, 4.69) is 45.2 Å². The van der Waals surface area contributed by atoms with E-state index in [-0.39, 0.29) is 0 Å². The summed E-state index contributed by atoms with van der Waals surface area (Å²) in [5.41, 5.74) is 3.13. The number of nitrogens with one attached hydrogen (secondary N) is 1. The Morgan fingerprint density at radius 1 is 1.12 bits per heavy atom. The molecule has 0 atom stereocenters. The molecule has 0 bridgehead atoms. The molecule has 1 aromatic heterocycles. The molecule has 2 aromatic rings. The normalized spacial score (nSPS) is 14.4. The third-order valence-corrected chi connectivity index (χ3v) is 4.72. The first-order chi connectivity index (χ1) is 12.1. The lowest BCUT2D eigenvalue weighted by atomic mass is 10.2. The SMILES string of the molecule is COc1ccc(C)cc1NC(=S)N1CCN(c2cccc(C)n2)CC1. The van der Waals surface area contributed by atoms with Crippen molar-refractivity contribution in [1.82, 2.24) is 9.88 Å². The molecule has 1 N–H and O–H groups in total. The van der Waals surface area contributed by atoms with Crippen LogP contribution in [0.2, 0.25) is 0 Å². The highest BCUT2D eigenvalue weighted by atomic mass is 32.1. The first-order valence-corrected chi connectivity index (χ1v) is 8.87. The number of methoxy groups -OCH3 is 1. The van der Waals surface area contributed by atoms with E-state index in [0.717, 1.165) is 54.2 Å². The van der Waals surface area contributed by atoms with E-state index in [1.165, 1.54) is 5.56 Å². The minimum atomic E-state index is 0.737. The van der Waals surface area contributed by atoms with Crippen molar-refractivity contribution in [3.05, 3.63) is 47.7 Å². The van der Waals surface area contributed by atoms with Crippen LogP contribution in [-0.4, -0.2) is 48.3 Å². The number of hydrogen-bond donors (Lipinski definition) is 1. The highest BCUT2D eigenvalue weighted by molar-refractivity contribution is 7.80. The Hall–Kier alpha value is -2.34. The summed E-state index contributed by atoms with van der Waals surface area (Å²) < 4.78 is 5.42. The summed E-state index contributed by atoms with van der Waals surface area (Å²) in [6, 6.07) is 12.2. The van der Waals surface area contributed by atoms with Crippen LogP contribution >= 0.6 is 12.2 Å². The predicted molar refractivity (Wildman–Crippen MR) is 107 cm³/mol. The smallest absolute Gasteiger partial charge is 0.173 e. The largest absolute Gasteiger partial charge is 0.495 e. The predicted octanol–water partition coefficient (Wildman–Crippen LogP) is 3.23. The lowest BCUT2D eigenvalue weighted by Crippen LogP contribution is -2.50. The van der Waals surface area contributed by atoms with Crippen molar-refractivity contribution in [3.8, 4) is 5.75 Å². The third-order valence-electron chi connectivity index (χ3n) is 4.36. The summed E-state index contributed by atoms with van der Waals surface area (Å²) in [7, 11) is 1.67. The number of ether oxygens (including phenoxy) is 1. The van der Waals surface area contributed by atoms with Gasteiger partial charge in [-0.05, 0) is 55.9 Å². The number of aromatic nitrogens is 1. The molecule has 1 aliphatic rings. The van der Waals surface area contributed by atoms with Crippen molar-refractivity contribution in [2.24, 2.45) is 0 Å². The standard InChI is InChI=1S/C19H24N4OS/c1-14-7-8-17(24-3)16(13-14)21-19(25)23-11-9-22(10-12-23)18-6-4-5-15(2)20-18/h4-8,13H,9-12H2,1-3H3,(H,21,25). The van der Waals surface area contributed by atoms with Gasteiger partial charge in [-0.3, -0.25) is 0 Å². The Bertz CT molecular complexity index is 757. The van der Waals surface area contributed by atoms with Crippen LogP contribution < -0.4 is 15.0 Å². The Labute approximate surface area is 154 Å². The second-order valence-corrected chi connectivity index (χ2v) is 6.63. The summed E-state index contributed by atoms with van der Waals surface area (Å²) in [4.78, 5) is 9.11. The van der Waals surface area contributed by atoms with Gasteiger partial charge < -0.3 is 19.9 Å². The van der Waals surface area contributed by atoms with Crippen molar-refractivity contribution in [1.29, 1.82) is 0 Å². The maximum atomic E-state index is 5.61. The highest BCUT2D eigenvalue weighted by Crippen LogP contribution is 2.25. The summed E-state index contributed by atoms with van der Waals surface area (Å²) in [5, 5.41) is 4.07. The number of hydrogen-bond acceptors (Lipinski definition) is 4. The Morgan fingerprint density at radius 3 is 2.56 bits per heavy atom. The van der Waals surface area contributed by atoms with E-state index in [1.54, 1.807) is 7.11 Å². The van der Waals surface area contributed by atoms with E-state index in [1.807, 2.05) is 25.1 Å². The number of nitrogens with zero attached hydrogens (tertiary/aromatic N) is 3. The molecule has 0 amide bonds. The van der Waals surface area contributed by atoms with E-state index < -0.39 is 0 Å². The average Bonchev–Trinajstić information content (AvgIpc) is 2.62. The van der Waals surface area contributed by atoms with Gasteiger partial charge in [-0.15, -0.1) is 0 Å². The first-order valence-electron chi connectivity index (χ1n) is 8.46. The molecule has 3 rings (SSSR count). The van der Waals surface area contributed by atoms with Crippen molar-refractivity contribution in [2.45, 2.75) is 13.8 Å². The number of pyridine rings is 1. The zero-order chi connectivity index (χ0) is 17.8. The molecule has 0 unspecified atom stereocenters. The fourth-order valence-electron chi connectivity index (χ4n) is 2.96. The Balaban J connectivity index is 1.61. The molecular formula is C19H24N4OS. The van der Waals surface area contributed by atoms with Crippen molar-refractivity contribution < 1.29 is 4.74 Å². The van der Waals surface area contributed by atoms with Crippen LogP contribution in [0.25, 0.3) is 0 Å². The summed E-state index contributed by atoms with van der Waals surface area (Å²) in [5.74, 6) is 1.84.